The minimum atomic E-state index is 0.529. The minimum Gasteiger partial charge on any atom is -0.373 e. The van der Waals surface area contributed by atoms with Crippen LogP contribution in [-0.2, 0) is 0 Å². The van der Waals surface area contributed by atoms with Crippen LogP contribution >= 0.6 is 23.2 Å². The fourth-order valence-electron chi connectivity index (χ4n) is 2.84. The second kappa shape index (κ2) is 6.90. The zero-order valence-corrected chi connectivity index (χ0v) is 15.4. The highest BCUT2D eigenvalue weighted by molar-refractivity contribution is 6.43. The molecule has 0 aliphatic rings. The molecule has 0 aliphatic carbocycles. The Balaban J connectivity index is 1.90. The smallest absolute Gasteiger partial charge is 0.163 e. The van der Waals surface area contributed by atoms with Crippen molar-refractivity contribution in [2.45, 2.75) is 0 Å². The average Bonchev–Trinajstić information content (AvgIpc) is 2.69. The lowest BCUT2D eigenvalue weighted by Gasteiger charge is -2.11. The zero-order valence-electron chi connectivity index (χ0n) is 13.9. The van der Waals surface area contributed by atoms with E-state index < -0.39 is 0 Å². The molecule has 1 N–H and O–H groups in total. The van der Waals surface area contributed by atoms with Crippen molar-refractivity contribution in [3.05, 3.63) is 71.0 Å². The summed E-state index contributed by atoms with van der Waals surface area (Å²) in [6.45, 7) is 0. The van der Waals surface area contributed by atoms with Crippen molar-refractivity contribution in [1.29, 1.82) is 0 Å². The van der Waals surface area contributed by atoms with Crippen molar-refractivity contribution >= 4 is 39.9 Å². The van der Waals surface area contributed by atoms with Gasteiger partial charge < -0.3 is 5.32 Å². The summed E-state index contributed by atoms with van der Waals surface area (Å²) in [4.78, 5) is 13.5. The van der Waals surface area contributed by atoms with Crippen molar-refractivity contribution in [2.75, 3.05) is 12.4 Å². The van der Waals surface area contributed by atoms with E-state index in [0.717, 1.165) is 33.4 Å². The van der Waals surface area contributed by atoms with Crippen LogP contribution in [0.15, 0.2) is 60.9 Å². The molecule has 128 valence electrons. The van der Waals surface area contributed by atoms with Gasteiger partial charge in [-0.3, -0.25) is 4.98 Å². The standard InChI is InChI=1S/C20H14Cl2N4/c1-23-20-15-10-12(14-5-2-6-16(21)18(14)22)7-8-17(15)25-19(26-20)13-4-3-9-24-11-13/h2-11H,1H3,(H,23,25,26). The molecule has 0 amide bonds. The highest BCUT2D eigenvalue weighted by atomic mass is 35.5. The first-order valence-corrected chi connectivity index (χ1v) is 8.77. The first-order chi connectivity index (χ1) is 12.7. The maximum Gasteiger partial charge on any atom is 0.163 e. The Hall–Kier alpha value is -2.69. The van der Waals surface area contributed by atoms with Gasteiger partial charge in [0, 0.05) is 36.0 Å². The monoisotopic (exact) mass is 380 g/mol. The number of hydrogen-bond acceptors (Lipinski definition) is 4. The van der Waals surface area contributed by atoms with Gasteiger partial charge in [0.05, 0.1) is 15.6 Å². The van der Waals surface area contributed by atoms with E-state index in [2.05, 4.69) is 20.3 Å². The predicted octanol–water partition coefficient (Wildman–Crippen LogP) is 5.71. The summed E-state index contributed by atoms with van der Waals surface area (Å²) in [6.07, 6.45) is 3.48. The van der Waals surface area contributed by atoms with Crippen LogP contribution in [0.5, 0.6) is 0 Å². The van der Waals surface area contributed by atoms with E-state index in [-0.39, 0.29) is 0 Å². The Morgan fingerprint density at radius 3 is 2.58 bits per heavy atom. The maximum absolute atomic E-state index is 6.37. The molecule has 4 nitrogen and oxygen atoms in total. The van der Waals surface area contributed by atoms with Crippen molar-refractivity contribution in [2.24, 2.45) is 0 Å². The van der Waals surface area contributed by atoms with Crippen molar-refractivity contribution < 1.29 is 0 Å². The van der Waals surface area contributed by atoms with Crippen LogP contribution in [-0.4, -0.2) is 22.0 Å². The summed E-state index contributed by atoms with van der Waals surface area (Å²) in [5, 5.41) is 5.13. The van der Waals surface area contributed by atoms with Crippen LogP contribution in [0.2, 0.25) is 10.0 Å². The second-order valence-electron chi connectivity index (χ2n) is 5.72. The van der Waals surface area contributed by atoms with Crippen LogP contribution < -0.4 is 5.32 Å². The molecule has 4 rings (SSSR count). The third-order valence-electron chi connectivity index (χ3n) is 4.11. The SMILES string of the molecule is CNc1nc(-c2cccnc2)nc2ccc(-c3cccc(Cl)c3Cl)cc12. The summed E-state index contributed by atoms with van der Waals surface area (Å²) in [5.74, 6) is 1.37. The number of pyridine rings is 1. The van der Waals surface area contributed by atoms with Gasteiger partial charge in [-0.1, -0.05) is 41.4 Å². The lowest BCUT2D eigenvalue weighted by molar-refractivity contribution is 1.20. The number of aromatic nitrogens is 3. The average molecular weight is 381 g/mol. The Morgan fingerprint density at radius 2 is 1.81 bits per heavy atom. The first kappa shape index (κ1) is 16.8. The molecule has 4 aromatic rings. The highest BCUT2D eigenvalue weighted by Gasteiger charge is 2.12. The number of benzene rings is 2. The molecule has 0 fully saturated rings. The predicted molar refractivity (Wildman–Crippen MR) is 108 cm³/mol. The first-order valence-electron chi connectivity index (χ1n) is 8.01. The minimum absolute atomic E-state index is 0.529. The second-order valence-corrected chi connectivity index (χ2v) is 6.51. The molecule has 2 aromatic heterocycles. The van der Waals surface area contributed by atoms with Crippen LogP contribution in [0.3, 0.4) is 0 Å². The zero-order chi connectivity index (χ0) is 18.1. The number of fused-ring (bicyclic) bond motifs is 1. The van der Waals surface area contributed by atoms with Gasteiger partial charge in [0.15, 0.2) is 5.82 Å². The van der Waals surface area contributed by atoms with Gasteiger partial charge in [-0.05, 0) is 35.9 Å². The van der Waals surface area contributed by atoms with Crippen LogP contribution in [0.1, 0.15) is 0 Å². The van der Waals surface area contributed by atoms with Gasteiger partial charge in [0.1, 0.15) is 5.82 Å². The molecule has 0 saturated carbocycles. The van der Waals surface area contributed by atoms with Crippen LogP contribution in [0.25, 0.3) is 33.4 Å². The molecule has 0 spiro atoms. The van der Waals surface area contributed by atoms with E-state index in [1.54, 1.807) is 18.5 Å². The number of rotatable bonds is 3. The summed E-state index contributed by atoms with van der Waals surface area (Å²) >= 11 is 12.5. The van der Waals surface area contributed by atoms with E-state index in [1.165, 1.54) is 0 Å². The Morgan fingerprint density at radius 1 is 0.923 bits per heavy atom. The maximum atomic E-state index is 6.37. The summed E-state index contributed by atoms with van der Waals surface area (Å²) in [5.41, 5.74) is 3.54. The molecule has 2 aromatic carbocycles. The number of halogens is 2. The molecular formula is C20H14Cl2N4. The number of nitrogens with zero attached hydrogens (tertiary/aromatic N) is 3. The number of hydrogen-bond donors (Lipinski definition) is 1. The van der Waals surface area contributed by atoms with Crippen molar-refractivity contribution in [3.63, 3.8) is 0 Å². The largest absolute Gasteiger partial charge is 0.373 e. The van der Waals surface area contributed by atoms with Gasteiger partial charge >= 0.3 is 0 Å². The highest BCUT2D eigenvalue weighted by Crippen LogP contribution is 2.35. The summed E-state index contributed by atoms with van der Waals surface area (Å²) in [7, 11) is 1.84. The molecule has 2 heterocycles. The Labute approximate surface area is 160 Å². The number of nitrogens with one attached hydrogen (secondary N) is 1. The van der Waals surface area contributed by atoms with Crippen LogP contribution in [0, 0.1) is 0 Å². The van der Waals surface area contributed by atoms with Gasteiger partial charge in [0.25, 0.3) is 0 Å². The van der Waals surface area contributed by atoms with Gasteiger partial charge in [-0.2, -0.15) is 0 Å². The molecule has 6 heteroatoms. The molecule has 0 atom stereocenters. The summed E-state index contributed by atoms with van der Waals surface area (Å²) in [6, 6.07) is 15.4. The summed E-state index contributed by atoms with van der Waals surface area (Å²) < 4.78 is 0. The van der Waals surface area contributed by atoms with Crippen molar-refractivity contribution in [1.82, 2.24) is 15.0 Å². The normalized spacial score (nSPS) is 10.9. The van der Waals surface area contributed by atoms with Crippen LogP contribution in [0.4, 0.5) is 5.82 Å². The van der Waals surface area contributed by atoms with Gasteiger partial charge in [0.2, 0.25) is 0 Å². The molecule has 0 aliphatic heterocycles. The third kappa shape index (κ3) is 2.98. The number of anilines is 1. The van der Waals surface area contributed by atoms with E-state index in [0.29, 0.717) is 15.9 Å². The molecule has 0 radical (unpaired) electrons. The lowest BCUT2D eigenvalue weighted by atomic mass is 10.0. The van der Waals surface area contributed by atoms with Gasteiger partial charge in [-0.15, -0.1) is 0 Å². The fourth-order valence-corrected chi connectivity index (χ4v) is 3.25. The fraction of sp³-hybridized carbons (Fsp3) is 0.0500. The lowest BCUT2D eigenvalue weighted by Crippen LogP contribution is -1.99. The van der Waals surface area contributed by atoms with E-state index in [1.807, 2.05) is 49.5 Å². The van der Waals surface area contributed by atoms with E-state index in [9.17, 15) is 0 Å². The molecule has 0 unspecified atom stereocenters. The van der Waals surface area contributed by atoms with E-state index in [4.69, 9.17) is 23.2 Å². The van der Waals surface area contributed by atoms with Crippen molar-refractivity contribution in [3.8, 4) is 22.5 Å². The molecular weight excluding hydrogens is 367 g/mol. The molecule has 0 bridgehead atoms. The molecule has 26 heavy (non-hydrogen) atoms. The van der Waals surface area contributed by atoms with Gasteiger partial charge in [-0.25, -0.2) is 9.97 Å². The Bertz CT molecular complexity index is 1100. The molecule has 0 saturated heterocycles. The third-order valence-corrected chi connectivity index (χ3v) is 4.93. The quantitative estimate of drug-likeness (QED) is 0.494. The van der Waals surface area contributed by atoms with E-state index >= 15 is 0 Å². The topological polar surface area (TPSA) is 50.7 Å². The Kier molecular flexibility index (Phi) is 4.45.